The Morgan fingerprint density at radius 2 is 2.00 bits per heavy atom. The van der Waals surface area contributed by atoms with Gasteiger partial charge in [0.05, 0.1) is 5.97 Å². The Bertz CT molecular complexity index is 807. The standard InChI is InChI=1S/C13H11ClN4O4S/c14-7-3-1-6(2-4-7)11(21)16-9-10(15)17-13(18-12(9)22)23-5-8(19)20/h1-4H,5H2,(H,16,21)(H,19,20)(H3,15,17,18,22)/p-1. The lowest BCUT2D eigenvalue weighted by atomic mass is 10.2. The highest BCUT2D eigenvalue weighted by Crippen LogP contribution is 2.17. The van der Waals surface area contributed by atoms with E-state index >= 15 is 0 Å². The maximum atomic E-state index is 12.0. The van der Waals surface area contributed by atoms with Gasteiger partial charge in [-0.15, -0.1) is 0 Å². The van der Waals surface area contributed by atoms with Crippen molar-refractivity contribution in [2.45, 2.75) is 5.16 Å². The van der Waals surface area contributed by atoms with Crippen molar-refractivity contribution >= 4 is 46.7 Å². The Labute approximate surface area is 139 Å². The number of rotatable bonds is 5. The van der Waals surface area contributed by atoms with Crippen LogP contribution >= 0.6 is 23.4 Å². The number of halogens is 1. The van der Waals surface area contributed by atoms with Crippen LogP contribution in [0.3, 0.4) is 0 Å². The predicted molar refractivity (Wildman–Crippen MR) is 84.4 cm³/mol. The number of aliphatic carboxylic acids is 1. The molecule has 1 heterocycles. The first-order valence-electron chi connectivity index (χ1n) is 6.16. The van der Waals surface area contributed by atoms with Crippen molar-refractivity contribution in [1.82, 2.24) is 9.97 Å². The van der Waals surface area contributed by atoms with Gasteiger partial charge < -0.3 is 21.0 Å². The fraction of sp³-hybridized carbons (Fsp3) is 0.0769. The molecule has 0 spiro atoms. The highest BCUT2D eigenvalue weighted by atomic mass is 35.5. The van der Waals surface area contributed by atoms with E-state index in [4.69, 9.17) is 17.3 Å². The van der Waals surface area contributed by atoms with Crippen LogP contribution in [-0.2, 0) is 4.79 Å². The number of amides is 1. The predicted octanol–water partition coefficient (Wildman–Crippen LogP) is 0.0998. The zero-order valence-electron chi connectivity index (χ0n) is 11.5. The van der Waals surface area contributed by atoms with E-state index in [1.54, 1.807) is 0 Å². The third-order valence-corrected chi connectivity index (χ3v) is 3.70. The molecule has 8 nitrogen and oxygen atoms in total. The summed E-state index contributed by atoms with van der Waals surface area (Å²) in [6, 6.07) is 6.03. The van der Waals surface area contributed by atoms with Crippen molar-refractivity contribution in [3.8, 4) is 0 Å². The Morgan fingerprint density at radius 3 is 2.57 bits per heavy atom. The summed E-state index contributed by atoms with van der Waals surface area (Å²) in [4.78, 5) is 40.5. The summed E-state index contributed by atoms with van der Waals surface area (Å²) in [7, 11) is 0. The molecule has 10 heteroatoms. The van der Waals surface area contributed by atoms with Crippen LogP contribution in [0.4, 0.5) is 11.5 Å². The highest BCUT2D eigenvalue weighted by Gasteiger charge is 2.14. The van der Waals surface area contributed by atoms with Gasteiger partial charge in [-0.2, -0.15) is 0 Å². The smallest absolute Gasteiger partial charge is 0.277 e. The molecule has 0 saturated carbocycles. The van der Waals surface area contributed by atoms with Gasteiger partial charge in [0.15, 0.2) is 11.0 Å². The normalized spacial score (nSPS) is 10.3. The summed E-state index contributed by atoms with van der Waals surface area (Å²) in [6.07, 6.45) is 0. The molecule has 0 saturated heterocycles. The van der Waals surface area contributed by atoms with E-state index in [-0.39, 0.29) is 22.2 Å². The number of nitrogens with two attached hydrogens (primary N) is 1. The summed E-state index contributed by atoms with van der Waals surface area (Å²) >= 11 is 6.48. The second-order valence-corrected chi connectivity index (χ2v) is 5.65. The molecule has 0 unspecified atom stereocenters. The molecular formula is C13H10ClN4O4S-. The number of nitrogen functional groups attached to an aromatic ring is 1. The molecule has 2 rings (SSSR count). The minimum atomic E-state index is -1.31. The molecule has 120 valence electrons. The molecule has 0 aliphatic carbocycles. The number of hydrogen-bond donors (Lipinski definition) is 3. The second-order valence-electron chi connectivity index (χ2n) is 4.25. The largest absolute Gasteiger partial charge is 0.549 e. The number of nitrogens with one attached hydrogen (secondary N) is 2. The average Bonchev–Trinajstić information content (AvgIpc) is 2.49. The third-order valence-electron chi connectivity index (χ3n) is 2.60. The fourth-order valence-electron chi connectivity index (χ4n) is 1.57. The van der Waals surface area contributed by atoms with Gasteiger partial charge in [0, 0.05) is 16.3 Å². The number of H-pyrrole nitrogens is 1. The molecule has 0 atom stereocenters. The van der Waals surface area contributed by atoms with Crippen molar-refractivity contribution in [3.05, 3.63) is 45.2 Å². The van der Waals surface area contributed by atoms with Gasteiger partial charge in [-0.05, 0) is 24.3 Å². The van der Waals surface area contributed by atoms with E-state index in [2.05, 4.69) is 15.3 Å². The topological polar surface area (TPSA) is 141 Å². The van der Waals surface area contributed by atoms with Crippen molar-refractivity contribution in [2.75, 3.05) is 16.8 Å². The van der Waals surface area contributed by atoms with Gasteiger partial charge in [0.25, 0.3) is 11.5 Å². The number of hydrogen-bond acceptors (Lipinski definition) is 7. The van der Waals surface area contributed by atoms with Crippen LogP contribution < -0.4 is 21.7 Å². The lowest BCUT2D eigenvalue weighted by Crippen LogP contribution is -2.25. The Hall–Kier alpha value is -2.52. The SMILES string of the molecule is Nc1nc(SCC(=O)[O-])[nH]c(=O)c1NC(=O)c1ccc(Cl)cc1. The number of nitrogens with zero attached hydrogens (tertiary/aromatic N) is 1. The molecule has 1 aromatic carbocycles. The fourth-order valence-corrected chi connectivity index (χ4v) is 2.28. The van der Waals surface area contributed by atoms with E-state index in [1.165, 1.54) is 24.3 Å². The minimum Gasteiger partial charge on any atom is -0.549 e. The first-order valence-corrected chi connectivity index (χ1v) is 7.52. The first-order chi connectivity index (χ1) is 10.9. The molecule has 1 amide bonds. The van der Waals surface area contributed by atoms with Crippen LogP contribution in [0.5, 0.6) is 0 Å². The van der Waals surface area contributed by atoms with Crippen LogP contribution in [0, 0.1) is 0 Å². The van der Waals surface area contributed by atoms with E-state index in [0.29, 0.717) is 5.02 Å². The van der Waals surface area contributed by atoms with Crippen LogP contribution in [0.1, 0.15) is 10.4 Å². The number of carboxylic acid groups (broad SMARTS) is 1. The number of benzene rings is 1. The number of thioether (sulfide) groups is 1. The summed E-state index contributed by atoms with van der Waals surface area (Å²) in [5, 5.41) is 13.2. The maximum Gasteiger partial charge on any atom is 0.277 e. The van der Waals surface area contributed by atoms with E-state index in [1.807, 2.05) is 0 Å². The number of anilines is 2. The van der Waals surface area contributed by atoms with Crippen molar-refractivity contribution in [1.29, 1.82) is 0 Å². The zero-order valence-corrected chi connectivity index (χ0v) is 13.0. The van der Waals surface area contributed by atoms with Gasteiger partial charge in [-0.1, -0.05) is 23.4 Å². The van der Waals surface area contributed by atoms with Crippen LogP contribution in [0.2, 0.25) is 5.02 Å². The van der Waals surface area contributed by atoms with Gasteiger partial charge in [0.1, 0.15) is 5.69 Å². The summed E-state index contributed by atoms with van der Waals surface area (Å²) < 4.78 is 0. The Kier molecular flexibility index (Phi) is 5.24. The third kappa shape index (κ3) is 4.47. The van der Waals surface area contributed by atoms with Gasteiger partial charge in [-0.3, -0.25) is 14.6 Å². The second kappa shape index (κ2) is 7.16. The number of carbonyl (C=O) groups is 2. The highest BCUT2D eigenvalue weighted by molar-refractivity contribution is 7.99. The van der Waals surface area contributed by atoms with Crippen LogP contribution in [0.15, 0.2) is 34.2 Å². The summed E-state index contributed by atoms with van der Waals surface area (Å²) in [6.45, 7) is 0. The number of carboxylic acids is 1. The maximum absolute atomic E-state index is 12.0. The lowest BCUT2D eigenvalue weighted by Gasteiger charge is -2.08. The zero-order chi connectivity index (χ0) is 17.0. The van der Waals surface area contributed by atoms with Crippen molar-refractivity contribution in [2.24, 2.45) is 0 Å². The minimum absolute atomic E-state index is 0.0150. The number of carbonyl (C=O) groups excluding carboxylic acids is 2. The van der Waals surface area contributed by atoms with Crippen LogP contribution in [-0.4, -0.2) is 27.6 Å². The lowest BCUT2D eigenvalue weighted by molar-refractivity contribution is -0.301. The van der Waals surface area contributed by atoms with E-state index < -0.39 is 23.2 Å². The van der Waals surface area contributed by atoms with Crippen molar-refractivity contribution in [3.63, 3.8) is 0 Å². The quantitative estimate of drug-likeness (QED) is 0.511. The monoisotopic (exact) mass is 353 g/mol. The first kappa shape index (κ1) is 16.8. The van der Waals surface area contributed by atoms with Crippen LogP contribution in [0.25, 0.3) is 0 Å². The van der Waals surface area contributed by atoms with Gasteiger partial charge >= 0.3 is 0 Å². The molecular weight excluding hydrogens is 344 g/mol. The Balaban J connectivity index is 2.20. The van der Waals surface area contributed by atoms with Gasteiger partial charge in [-0.25, -0.2) is 4.98 Å². The van der Waals surface area contributed by atoms with E-state index in [0.717, 1.165) is 11.8 Å². The molecule has 0 fully saturated rings. The van der Waals surface area contributed by atoms with Gasteiger partial charge in [0.2, 0.25) is 0 Å². The molecule has 0 aliphatic rings. The number of aromatic amines is 1. The van der Waals surface area contributed by atoms with E-state index in [9.17, 15) is 19.5 Å². The average molecular weight is 354 g/mol. The molecule has 0 radical (unpaired) electrons. The molecule has 23 heavy (non-hydrogen) atoms. The molecule has 1 aromatic heterocycles. The Morgan fingerprint density at radius 1 is 1.35 bits per heavy atom. The molecule has 2 aromatic rings. The molecule has 0 aliphatic heterocycles. The number of aromatic nitrogens is 2. The molecule has 0 bridgehead atoms. The van der Waals surface area contributed by atoms with Crippen molar-refractivity contribution < 1.29 is 14.7 Å². The molecule has 4 N–H and O–H groups in total. The summed E-state index contributed by atoms with van der Waals surface area (Å²) in [5.41, 5.74) is 5.00. The summed E-state index contributed by atoms with van der Waals surface area (Å²) in [5.74, 6) is -2.48.